The molecule has 0 aliphatic heterocycles. The predicted octanol–water partition coefficient (Wildman–Crippen LogP) is 2.07. The Hall–Kier alpha value is -0.960. The van der Waals surface area contributed by atoms with Gasteiger partial charge in [0, 0.05) is 4.90 Å². The Balaban J connectivity index is 3.05. The first kappa shape index (κ1) is 9.13. The summed E-state index contributed by atoms with van der Waals surface area (Å²) in [6.45, 7) is 1.90. The number of carbonyl (C=O) groups is 1. The number of thiol groups is 1. The number of methoxy groups -OCH3 is 1. The van der Waals surface area contributed by atoms with Gasteiger partial charge in [-0.05, 0) is 30.7 Å². The van der Waals surface area contributed by atoms with Crippen molar-refractivity contribution in [3.8, 4) is 0 Å². The zero-order valence-corrected chi connectivity index (χ0v) is 7.89. The first-order valence-corrected chi connectivity index (χ1v) is 3.98. The molecule has 0 N–H and O–H groups in total. The maximum Gasteiger partial charge on any atom is 0.337 e. The average molecular weight is 182 g/mol. The number of aryl methyl sites for hydroxylation is 1. The van der Waals surface area contributed by atoms with Crippen molar-refractivity contribution in [1.29, 1.82) is 0 Å². The lowest BCUT2D eigenvalue weighted by Gasteiger charge is -2.01. The Labute approximate surface area is 77.0 Å². The van der Waals surface area contributed by atoms with Crippen LogP contribution >= 0.6 is 12.6 Å². The summed E-state index contributed by atoms with van der Waals surface area (Å²) in [6.07, 6.45) is 0. The van der Waals surface area contributed by atoms with Crippen molar-refractivity contribution in [1.82, 2.24) is 0 Å². The Kier molecular flexibility index (Phi) is 2.76. The van der Waals surface area contributed by atoms with Gasteiger partial charge in [-0.15, -0.1) is 12.6 Å². The summed E-state index contributed by atoms with van der Waals surface area (Å²) >= 11 is 4.19. The summed E-state index contributed by atoms with van der Waals surface area (Å²) in [6, 6.07) is 5.24. The van der Waals surface area contributed by atoms with Crippen LogP contribution < -0.4 is 0 Å². The van der Waals surface area contributed by atoms with Crippen molar-refractivity contribution >= 4 is 18.6 Å². The minimum atomic E-state index is -0.313. The number of ether oxygens (including phenoxy) is 1. The van der Waals surface area contributed by atoms with Crippen molar-refractivity contribution in [3.05, 3.63) is 29.3 Å². The van der Waals surface area contributed by atoms with Gasteiger partial charge in [-0.2, -0.15) is 0 Å². The molecule has 0 saturated carbocycles. The van der Waals surface area contributed by atoms with Crippen LogP contribution in [0.3, 0.4) is 0 Å². The molecule has 2 nitrogen and oxygen atoms in total. The van der Waals surface area contributed by atoms with Crippen LogP contribution in [-0.2, 0) is 4.74 Å². The number of carbonyl (C=O) groups excluding carboxylic acids is 1. The lowest BCUT2D eigenvalue weighted by Crippen LogP contribution is -2.01. The highest BCUT2D eigenvalue weighted by atomic mass is 32.1. The quantitative estimate of drug-likeness (QED) is 0.531. The highest BCUT2D eigenvalue weighted by Gasteiger charge is 2.05. The molecule has 0 aromatic heterocycles. The minimum absolute atomic E-state index is 0.313. The van der Waals surface area contributed by atoms with E-state index in [1.807, 2.05) is 6.92 Å². The second kappa shape index (κ2) is 3.63. The molecule has 0 radical (unpaired) electrons. The second-order valence-corrected chi connectivity index (χ2v) is 2.97. The molecule has 64 valence electrons. The molecule has 1 rings (SSSR count). The van der Waals surface area contributed by atoms with Gasteiger partial charge in [0.05, 0.1) is 12.7 Å². The van der Waals surface area contributed by atoms with Crippen LogP contribution in [-0.4, -0.2) is 13.1 Å². The second-order valence-electron chi connectivity index (χ2n) is 2.49. The molecule has 0 fully saturated rings. The molecule has 0 bridgehead atoms. The van der Waals surface area contributed by atoms with Gasteiger partial charge in [0.1, 0.15) is 0 Å². The third-order valence-corrected chi connectivity index (χ3v) is 2.12. The predicted molar refractivity (Wildman–Crippen MR) is 49.8 cm³/mol. The SMILES string of the molecule is COC(=O)c1ccc(S)c(C)c1. The van der Waals surface area contributed by atoms with Gasteiger partial charge in [-0.3, -0.25) is 0 Å². The summed E-state index contributed by atoms with van der Waals surface area (Å²) in [5, 5.41) is 0. The van der Waals surface area contributed by atoms with Gasteiger partial charge in [0.15, 0.2) is 0 Å². The Bertz CT molecular complexity index is 307. The van der Waals surface area contributed by atoms with E-state index < -0.39 is 0 Å². The number of hydrogen-bond acceptors (Lipinski definition) is 3. The Morgan fingerprint density at radius 3 is 2.67 bits per heavy atom. The molecule has 0 unspecified atom stereocenters. The van der Waals surface area contributed by atoms with E-state index in [2.05, 4.69) is 17.4 Å². The van der Waals surface area contributed by atoms with Crippen LogP contribution in [0.1, 0.15) is 15.9 Å². The molecule has 3 heteroatoms. The smallest absolute Gasteiger partial charge is 0.337 e. The van der Waals surface area contributed by atoms with E-state index in [4.69, 9.17) is 0 Å². The van der Waals surface area contributed by atoms with E-state index in [1.165, 1.54) is 7.11 Å². The van der Waals surface area contributed by atoms with Crippen LogP contribution in [0.2, 0.25) is 0 Å². The Morgan fingerprint density at radius 1 is 1.50 bits per heavy atom. The van der Waals surface area contributed by atoms with Gasteiger partial charge < -0.3 is 4.74 Å². The van der Waals surface area contributed by atoms with E-state index >= 15 is 0 Å². The number of hydrogen-bond donors (Lipinski definition) is 1. The van der Waals surface area contributed by atoms with Crippen LogP contribution in [0.15, 0.2) is 23.1 Å². The average Bonchev–Trinajstić information content (AvgIpc) is 2.08. The number of esters is 1. The fourth-order valence-electron chi connectivity index (χ4n) is 0.900. The summed E-state index contributed by atoms with van der Waals surface area (Å²) in [4.78, 5) is 11.9. The van der Waals surface area contributed by atoms with Crippen LogP contribution in [0.5, 0.6) is 0 Å². The zero-order chi connectivity index (χ0) is 9.14. The molecule has 1 aromatic rings. The molecule has 0 saturated heterocycles. The van der Waals surface area contributed by atoms with E-state index in [9.17, 15) is 4.79 Å². The van der Waals surface area contributed by atoms with Crippen molar-refractivity contribution < 1.29 is 9.53 Å². The Morgan fingerprint density at radius 2 is 2.17 bits per heavy atom. The molecule has 0 aliphatic rings. The minimum Gasteiger partial charge on any atom is -0.465 e. The third kappa shape index (κ3) is 1.80. The lowest BCUT2D eigenvalue weighted by atomic mass is 10.1. The maximum absolute atomic E-state index is 11.0. The van der Waals surface area contributed by atoms with Gasteiger partial charge >= 0.3 is 5.97 Å². The maximum atomic E-state index is 11.0. The zero-order valence-electron chi connectivity index (χ0n) is 7.00. The lowest BCUT2D eigenvalue weighted by molar-refractivity contribution is 0.0600. The summed E-state index contributed by atoms with van der Waals surface area (Å²) in [5.74, 6) is -0.313. The molecule has 0 heterocycles. The van der Waals surface area contributed by atoms with Crippen LogP contribution in [0.4, 0.5) is 0 Å². The highest BCUT2D eigenvalue weighted by molar-refractivity contribution is 7.80. The van der Waals surface area contributed by atoms with E-state index in [0.29, 0.717) is 5.56 Å². The molecular formula is C9H10O2S. The highest BCUT2D eigenvalue weighted by Crippen LogP contribution is 2.14. The molecule has 1 aromatic carbocycles. The molecule has 12 heavy (non-hydrogen) atoms. The van der Waals surface area contributed by atoms with E-state index in [1.54, 1.807) is 18.2 Å². The van der Waals surface area contributed by atoms with Gasteiger partial charge in [-0.1, -0.05) is 0 Å². The fraction of sp³-hybridized carbons (Fsp3) is 0.222. The summed E-state index contributed by atoms with van der Waals surface area (Å²) < 4.78 is 4.57. The standard InChI is InChI=1S/C9H10O2S/c1-6-5-7(9(10)11-2)3-4-8(6)12/h3-5,12H,1-2H3. The summed E-state index contributed by atoms with van der Waals surface area (Å²) in [7, 11) is 1.37. The first-order chi connectivity index (χ1) is 5.65. The summed E-state index contributed by atoms with van der Waals surface area (Å²) in [5.41, 5.74) is 1.54. The third-order valence-electron chi connectivity index (χ3n) is 1.62. The molecule has 0 amide bonds. The van der Waals surface area contributed by atoms with Crippen molar-refractivity contribution in [2.75, 3.05) is 7.11 Å². The normalized spacial score (nSPS) is 9.58. The molecular weight excluding hydrogens is 172 g/mol. The van der Waals surface area contributed by atoms with Crippen molar-refractivity contribution in [2.24, 2.45) is 0 Å². The van der Waals surface area contributed by atoms with Gasteiger partial charge in [0.25, 0.3) is 0 Å². The first-order valence-electron chi connectivity index (χ1n) is 3.53. The molecule has 0 aliphatic carbocycles. The monoisotopic (exact) mass is 182 g/mol. The van der Waals surface area contributed by atoms with Gasteiger partial charge in [0.2, 0.25) is 0 Å². The molecule has 0 spiro atoms. The van der Waals surface area contributed by atoms with Crippen molar-refractivity contribution in [2.45, 2.75) is 11.8 Å². The topological polar surface area (TPSA) is 26.3 Å². The number of benzene rings is 1. The van der Waals surface area contributed by atoms with Crippen molar-refractivity contribution in [3.63, 3.8) is 0 Å². The van der Waals surface area contributed by atoms with Crippen LogP contribution in [0.25, 0.3) is 0 Å². The van der Waals surface area contributed by atoms with Crippen LogP contribution in [0, 0.1) is 6.92 Å². The van der Waals surface area contributed by atoms with E-state index in [-0.39, 0.29) is 5.97 Å². The number of rotatable bonds is 1. The van der Waals surface area contributed by atoms with Gasteiger partial charge in [-0.25, -0.2) is 4.79 Å². The largest absolute Gasteiger partial charge is 0.465 e. The molecule has 0 atom stereocenters. The fourth-order valence-corrected chi connectivity index (χ4v) is 1.04. The van der Waals surface area contributed by atoms with E-state index in [0.717, 1.165) is 10.5 Å².